The maximum absolute atomic E-state index is 13.3. The molecule has 0 amide bonds. The van der Waals surface area contributed by atoms with Crippen molar-refractivity contribution in [3.63, 3.8) is 0 Å². The van der Waals surface area contributed by atoms with Gasteiger partial charge in [-0.25, -0.2) is 0 Å². The SMILES string of the molecule is CCCN1CCc2cc(OC)c(OC)c3c2C1C/C(=C\N(C)C)C3=O. The van der Waals surface area contributed by atoms with Crippen molar-refractivity contribution < 1.29 is 14.3 Å². The van der Waals surface area contributed by atoms with Crippen molar-refractivity contribution in [2.45, 2.75) is 32.2 Å². The van der Waals surface area contributed by atoms with Gasteiger partial charge in [0.25, 0.3) is 0 Å². The molecule has 1 aromatic carbocycles. The molecular formula is C20H28N2O3. The first-order valence-electron chi connectivity index (χ1n) is 8.95. The van der Waals surface area contributed by atoms with Crippen LogP contribution in [-0.4, -0.2) is 57.0 Å². The molecule has 0 saturated carbocycles. The highest BCUT2D eigenvalue weighted by atomic mass is 16.5. The van der Waals surface area contributed by atoms with Crippen LogP contribution in [0, 0.1) is 0 Å². The van der Waals surface area contributed by atoms with Gasteiger partial charge in [0.1, 0.15) is 0 Å². The first-order valence-corrected chi connectivity index (χ1v) is 8.95. The standard InChI is InChI=1S/C20H28N2O3/c1-6-8-22-9-7-13-11-16(24-4)20(25-5)18-17(13)15(22)10-14(19(18)23)12-21(2)3/h11-12,15H,6-10H2,1-5H3/b14-12+. The Kier molecular flexibility index (Phi) is 5.04. The topological polar surface area (TPSA) is 42.0 Å². The minimum atomic E-state index is 0.0651. The molecule has 1 aliphatic carbocycles. The molecule has 1 unspecified atom stereocenters. The fraction of sp³-hybridized carbons (Fsp3) is 0.550. The second-order valence-electron chi connectivity index (χ2n) is 7.01. The zero-order chi connectivity index (χ0) is 18.1. The lowest BCUT2D eigenvalue weighted by Gasteiger charge is -2.42. The molecule has 1 aromatic rings. The number of hydrogen-bond acceptors (Lipinski definition) is 5. The molecule has 5 nitrogen and oxygen atoms in total. The van der Waals surface area contributed by atoms with Crippen LogP contribution < -0.4 is 9.47 Å². The Morgan fingerprint density at radius 2 is 2.08 bits per heavy atom. The van der Waals surface area contributed by atoms with E-state index in [0.29, 0.717) is 17.1 Å². The summed E-state index contributed by atoms with van der Waals surface area (Å²) < 4.78 is 11.1. The normalized spacial score (nSPS) is 21.2. The largest absolute Gasteiger partial charge is 0.493 e. The number of carbonyl (C=O) groups excluding carboxylic acids is 1. The number of ether oxygens (including phenoxy) is 2. The van der Waals surface area contributed by atoms with Gasteiger partial charge in [0.05, 0.1) is 19.8 Å². The van der Waals surface area contributed by atoms with E-state index in [2.05, 4.69) is 17.9 Å². The third-order valence-corrected chi connectivity index (χ3v) is 5.09. The van der Waals surface area contributed by atoms with E-state index in [1.807, 2.05) is 25.2 Å². The van der Waals surface area contributed by atoms with E-state index in [1.54, 1.807) is 14.2 Å². The van der Waals surface area contributed by atoms with Crippen molar-refractivity contribution in [3.8, 4) is 11.5 Å². The molecule has 136 valence electrons. The summed E-state index contributed by atoms with van der Waals surface area (Å²) >= 11 is 0. The molecule has 0 spiro atoms. The zero-order valence-corrected chi connectivity index (χ0v) is 15.9. The van der Waals surface area contributed by atoms with Crippen LogP contribution in [0.2, 0.25) is 0 Å². The van der Waals surface area contributed by atoms with Gasteiger partial charge >= 0.3 is 0 Å². The van der Waals surface area contributed by atoms with Crippen LogP contribution in [-0.2, 0) is 6.42 Å². The maximum atomic E-state index is 13.3. The monoisotopic (exact) mass is 344 g/mol. The summed E-state index contributed by atoms with van der Waals surface area (Å²) in [4.78, 5) is 17.7. The van der Waals surface area contributed by atoms with Crippen LogP contribution in [0.3, 0.4) is 0 Å². The van der Waals surface area contributed by atoms with Crippen LogP contribution in [0.5, 0.6) is 11.5 Å². The Labute approximate surface area is 150 Å². The third-order valence-electron chi connectivity index (χ3n) is 5.09. The van der Waals surface area contributed by atoms with Crippen molar-refractivity contribution in [2.24, 2.45) is 0 Å². The third kappa shape index (κ3) is 3.01. The van der Waals surface area contributed by atoms with E-state index in [0.717, 1.165) is 43.5 Å². The minimum absolute atomic E-state index is 0.0651. The Hall–Kier alpha value is -2.01. The predicted molar refractivity (Wildman–Crippen MR) is 98.6 cm³/mol. The molecule has 0 fully saturated rings. The molecule has 0 saturated heterocycles. The number of carbonyl (C=O) groups is 1. The summed E-state index contributed by atoms with van der Waals surface area (Å²) in [6.45, 7) is 4.26. The molecular weight excluding hydrogens is 316 g/mol. The van der Waals surface area contributed by atoms with Crippen molar-refractivity contribution in [2.75, 3.05) is 41.4 Å². The summed E-state index contributed by atoms with van der Waals surface area (Å²) in [5, 5.41) is 0. The molecule has 0 radical (unpaired) electrons. The maximum Gasteiger partial charge on any atom is 0.194 e. The van der Waals surface area contributed by atoms with Crippen LogP contribution >= 0.6 is 0 Å². The van der Waals surface area contributed by atoms with Gasteiger partial charge in [-0.15, -0.1) is 0 Å². The number of ketones is 1. The van der Waals surface area contributed by atoms with Crippen molar-refractivity contribution >= 4 is 5.78 Å². The summed E-state index contributed by atoms with van der Waals surface area (Å²) in [5.41, 5.74) is 3.91. The average molecular weight is 344 g/mol. The summed E-state index contributed by atoms with van der Waals surface area (Å²) in [6, 6.07) is 2.30. The van der Waals surface area contributed by atoms with E-state index < -0.39 is 0 Å². The molecule has 1 atom stereocenters. The van der Waals surface area contributed by atoms with E-state index in [-0.39, 0.29) is 11.8 Å². The van der Waals surface area contributed by atoms with E-state index in [4.69, 9.17) is 9.47 Å². The molecule has 25 heavy (non-hydrogen) atoms. The number of nitrogens with zero attached hydrogens (tertiary/aromatic N) is 2. The van der Waals surface area contributed by atoms with Crippen LogP contribution in [0.15, 0.2) is 17.8 Å². The predicted octanol–water partition coefficient (Wildman–Crippen LogP) is 3.04. The van der Waals surface area contributed by atoms with Crippen molar-refractivity contribution in [3.05, 3.63) is 34.5 Å². The lowest BCUT2D eigenvalue weighted by atomic mass is 9.77. The Balaban J connectivity index is 2.24. The second kappa shape index (κ2) is 7.08. The Bertz CT molecular complexity index is 709. The van der Waals surface area contributed by atoms with E-state index in [1.165, 1.54) is 5.56 Å². The number of hydrogen-bond donors (Lipinski definition) is 0. The van der Waals surface area contributed by atoms with Crippen LogP contribution in [0.4, 0.5) is 0 Å². The molecule has 0 aromatic heterocycles. The van der Waals surface area contributed by atoms with E-state index >= 15 is 0 Å². The van der Waals surface area contributed by atoms with E-state index in [9.17, 15) is 4.79 Å². The lowest BCUT2D eigenvalue weighted by Crippen LogP contribution is -2.40. The lowest BCUT2D eigenvalue weighted by molar-refractivity contribution is 0.0981. The van der Waals surface area contributed by atoms with Crippen LogP contribution in [0.1, 0.15) is 47.3 Å². The molecule has 1 aliphatic heterocycles. The molecule has 0 bridgehead atoms. The average Bonchev–Trinajstić information content (AvgIpc) is 2.59. The molecule has 0 N–H and O–H groups in total. The Morgan fingerprint density at radius 1 is 1.32 bits per heavy atom. The Morgan fingerprint density at radius 3 is 2.68 bits per heavy atom. The minimum Gasteiger partial charge on any atom is -0.493 e. The summed E-state index contributed by atoms with van der Waals surface area (Å²) in [5.74, 6) is 1.28. The zero-order valence-electron chi connectivity index (χ0n) is 15.9. The van der Waals surface area contributed by atoms with Gasteiger partial charge in [-0.3, -0.25) is 9.69 Å². The fourth-order valence-corrected chi connectivity index (χ4v) is 4.15. The summed E-state index contributed by atoms with van der Waals surface area (Å²) in [7, 11) is 7.15. The van der Waals surface area contributed by atoms with Crippen LogP contribution in [0.25, 0.3) is 0 Å². The van der Waals surface area contributed by atoms with Gasteiger partial charge in [0.15, 0.2) is 17.3 Å². The first kappa shape index (κ1) is 17.8. The smallest absolute Gasteiger partial charge is 0.194 e. The quantitative estimate of drug-likeness (QED) is 0.768. The van der Waals surface area contributed by atoms with Gasteiger partial charge in [0, 0.05) is 38.5 Å². The number of Topliss-reactive ketones (excluding diaryl/α,β-unsaturated/α-hetero) is 1. The molecule has 3 rings (SSSR count). The van der Waals surface area contributed by atoms with Crippen molar-refractivity contribution in [1.82, 2.24) is 9.80 Å². The number of methoxy groups -OCH3 is 2. The highest BCUT2D eigenvalue weighted by Gasteiger charge is 2.40. The van der Waals surface area contributed by atoms with Gasteiger partial charge in [-0.05, 0) is 43.0 Å². The van der Waals surface area contributed by atoms with Gasteiger partial charge in [-0.1, -0.05) is 6.92 Å². The van der Waals surface area contributed by atoms with Gasteiger partial charge in [0.2, 0.25) is 0 Å². The van der Waals surface area contributed by atoms with Gasteiger partial charge in [-0.2, -0.15) is 0 Å². The highest BCUT2D eigenvalue weighted by molar-refractivity contribution is 6.13. The second-order valence-corrected chi connectivity index (χ2v) is 7.01. The molecule has 2 aliphatic rings. The fourth-order valence-electron chi connectivity index (χ4n) is 4.15. The van der Waals surface area contributed by atoms with Gasteiger partial charge < -0.3 is 14.4 Å². The molecule has 1 heterocycles. The first-order chi connectivity index (χ1) is 12.0. The number of rotatable bonds is 5. The highest BCUT2D eigenvalue weighted by Crippen LogP contribution is 2.48. The summed E-state index contributed by atoms with van der Waals surface area (Å²) in [6.07, 6.45) is 4.75. The molecule has 5 heteroatoms. The number of benzene rings is 1. The van der Waals surface area contributed by atoms with Crippen molar-refractivity contribution in [1.29, 1.82) is 0 Å².